The fourth-order valence-corrected chi connectivity index (χ4v) is 2.11. The van der Waals surface area contributed by atoms with Gasteiger partial charge in [-0.25, -0.2) is 8.78 Å². The number of phenols is 1. The summed E-state index contributed by atoms with van der Waals surface area (Å²) in [6.07, 6.45) is 0.0694. The van der Waals surface area contributed by atoms with E-state index in [9.17, 15) is 19.0 Å². The minimum absolute atomic E-state index is 0.0214. The van der Waals surface area contributed by atoms with Crippen molar-refractivity contribution < 1.29 is 19.0 Å². The lowest BCUT2D eigenvalue weighted by atomic mass is 9.98. The lowest BCUT2D eigenvalue weighted by Crippen LogP contribution is -2.03. The van der Waals surface area contributed by atoms with E-state index in [0.29, 0.717) is 18.4 Å². The van der Waals surface area contributed by atoms with Gasteiger partial charge in [0, 0.05) is 11.1 Å². The molecule has 20 heavy (non-hydrogen) atoms. The highest BCUT2D eigenvalue weighted by Gasteiger charge is 2.19. The number of rotatable bonds is 4. The van der Waals surface area contributed by atoms with Gasteiger partial charge in [-0.05, 0) is 24.1 Å². The van der Waals surface area contributed by atoms with Crippen LogP contribution in [0.25, 0.3) is 11.1 Å². The summed E-state index contributed by atoms with van der Waals surface area (Å²) in [4.78, 5) is 0. The molecule has 1 unspecified atom stereocenters. The van der Waals surface area contributed by atoms with Gasteiger partial charge >= 0.3 is 0 Å². The van der Waals surface area contributed by atoms with E-state index in [2.05, 4.69) is 0 Å². The largest absolute Gasteiger partial charge is 0.508 e. The van der Waals surface area contributed by atoms with E-state index in [-0.39, 0.29) is 16.9 Å². The van der Waals surface area contributed by atoms with Crippen LogP contribution in [0.15, 0.2) is 36.4 Å². The quantitative estimate of drug-likeness (QED) is 0.881. The van der Waals surface area contributed by atoms with Crippen LogP contribution in [0.1, 0.15) is 31.4 Å². The lowest BCUT2D eigenvalue weighted by molar-refractivity contribution is 0.160. The first-order valence-electron chi connectivity index (χ1n) is 6.50. The minimum atomic E-state index is -1.02. The summed E-state index contributed by atoms with van der Waals surface area (Å²) in [5, 5.41) is 19.0. The van der Waals surface area contributed by atoms with Crippen molar-refractivity contribution in [3.05, 3.63) is 53.6 Å². The molecule has 0 saturated carbocycles. The molecule has 4 heteroatoms. The summed E-state index contributed by atoms with van der Waals surface area (Å²) in [6, 6.07) is 8.68. The molecule has 0 spiro atoms. The molecule has 0 aliphatic heterocycles. The maximum Gasteiger partial charge on any atom is 0.167 e. The van der Waals surface area contributed by atoms with Gasteiger partial charge in [-0.1, -0.05) is 37.6 Å². The first kappa shape index (κ1) is 14.5. The van der Waals surface area contributed by atoms with Gasteiger partial charge in [-0.3, -0.25) is 0 Å². The number of aliphatic hydroxyl groups is 1. The molecule has 2 rings (SSSR count). The van der Waals surface area contributed by atoms with Crippen LogP contribution >= 0.6 is 0 Å². The van der Waals surface area contributed by atoms with Gasteiger partial charge < -0.3 is 10.2 Å². The zero-order valence-corrected chi connectivity index (χ0v) is 11.1. The third-order valence-corrected chi connectivity index (χ3v) is 3.21. The maximum absolute atomic E-state index is 14.1. The Hall–Kier alpha value is -1.94. The molecule has 0 heterocycles. The van der Waals surface area contributed by atoms with E-state index in [1.54, 1.807) is 0 Å². The second kappa shape index (κ2) is 6.01. The van der Waals surface area contributed by atoms with Gasteiger partial charge in [0.05, 0.1) is 6.10 Å². The molecule has 0 amide bonds. The Balaban J connectivity index is 2.43. The monoisotopic (exact) mass is 278 g/mol. The van der Waals surface area contributed by atoms with Crippen LogP contribution in [-0.2, 0) is 0 Å². The zero-order chi connectivity index (χ0) is 14.7. The molecule has 2 N–H and O–H groups in total. The average Bonchev–Trinajstić information content (AvgIpc) is 2.43. The van der Waals surface area contributed by atoms with Crippen LogP contribution in [0.2, 0.25) is 0 Å². The van der Waals surface area contributed by atoms with E-state index in [1.807, 2.05) is 6.92 Å². The van der Waals surface area contributed by atoms with Crippen molar-refractivity contribution in [3.63, 3.8) is 0 Å². The van der Waals surface area contributed by atoms with Gasteiger partial charge in [-0.15, -0.1) is 0 Å². The fraction of sp³-hybridized carbons (Fsp3) is 0.250. The van der Waals surface area contributed by atoms with Crippen LogP contribution in [0.4, 0.5) is 8.78 Å². The second-order valence-corrected chi connectivity index (χ2v) is 4.68. The van der Waals surface area contributed by atoms with Crippen molar-refractivity contribution >= 4 is 0 Å². The number of aliphatic hydroxyl groups excluding tert-OH is 1. The molecular weight excluding hydrogens is 262 g/mol. The first-order chi connectivity index (χ1) is 9.54. The Morgan fingerprint density at radius 3 is 2.25 bits per heavy atom. The van der Waals surface area contributed by atoms with E-state index in [1.165, 1.54) is 36.4 Å². The van der Waals surface area contributed by atoms with Crippen molar-refractivity contribution in [1.29, 1.82) is 0 Å². The minimum Gasteiger partial charge on any atom is -0.508 e. The summed E-state index contributed by atoms with van der Waals surface area (Å²) in [5.74, 6) is -1.94. The van der Waals surface area contributed by atoms with E-state index >= 15 is 0 Å². The predicted molar refractivity (Wildman–Crippen MR) is 73.3 cm³/mol. The van der Waals surface area contributed by atoms with E-state index in [0.717, 1.165) is 0 Å². The summed E-state index contributed by atoms with van der Waals surface area (Å²) < 4.78 is 28.1. The Morgan fingerprint density at radius 2 is 1.65 bits per heavy atom. The SMILES string of the molecule is CCCC(O)c1ccc(-c2ccc(O)cc2)c(F)c1F. The molecule has 0 radical (unpaired) electrons. The zero-order valence-electron chi connectivity index (χ0n) is 11.1. The summed E-state index contributed by atoms with van der Waals surface area (Å²) in [6.45, 7) is 1.86. The van der Waals surface area contributed by atoms with Crippen LogP contribution in [0, 0.1) is 11.6 Å². The normalized spacial score (nSPS) is 12.4. The fourth-order valence-electron chi connectivity index (χ4n) is 2.11. The molecule has 0 saturated heterocycles. The standard InChI is InChI=1S/C16H16F2O2/c1-2-3-14(20)13-9-8-12(15(17)16(13)18)10-4-6-11(19)7-5-10/h4-9,14,19-20H,2-3H2,1H3. The Kier molecular flexibility index (Phi) is 4.35. The van der Waals surface area contributed by atoms with Gasteiger partial charge in [0.1, 0.15) is 5.75 Å². The van der Waals surface area contributed by atoms with Crippen LogP contribution in [-0.4, -0.2) is 10.2 Å². The molecule has 2 aromatic carbocycles. The van der Waals surface area contributed by atoms with Crippen LogP contribution in [0.3, 0.4) is 0 Å². The van der Waals surface area contributed by atoms with Crippen molar-refractivity contribution in [2.24, 2.45) is 0 Å². The first-order valence-corrected chi connectivity index (χ1v) is 6.50. The van der Waals surface area contributed by atoms with Gasteiger partial charge in [-0.2, -0.15) is 0 Å². The van der Waals surface area contributed by atoms with E-state index in [4.69, 9.17) is 0 Å². The van der Waals surface area contributed by atoms with Crippen molar-refractivity contribution in [2.45, 2.75) is 25.9 Å². The highest BCUT2D eigenvalue weighted by Crippen LogP contribution is 2.30. The highest BCUT2D eigenvalue weighted by atomic mass is 19.2. The Labute approximate surface area is 116 Å². The van der Waals surface area contributed by atoms with Gasteiger partial charge in [0.25, 0.3) is 0 Å². The molecule has 0 aliphatic carbocycles. The number of aromatic hydroxyl groups is 1. The summed E-state index contributed by atoms with van der Waals surface area (Å²) >= 11 is 0. The number of halogens is 2. The van der Waals surface area contributed by atoms with Crippen molar-refractivity contribution in [3.8, 4) is 16.9 Å². The Bertz CT molecular complexity index is 594. The van der Waals surface area contributed by atoms with Crippen molar-refractivity contribution in [1.82, 2.24) is 0 Å². The molecule has 1 atom stereocenters. The molecule has 0 bridgehead atoms. The van der Waals surface area contributed by atoms with Crippen LogP contribution < -0.4 is 0 Å². The predicted octanol–water partition coefficient (Wildman–Crippen LogP) is 4.17. The smallest absolute Gasteiger partial charge is 0.167 e. The number of benzene rings is 2. The number of phenolic OH excluding ortho intramolecular Hbond substituents is 1. The van der Waals surface area contributed by atoms with Gasteiger partial charge in [0.2, 0.25) is 0 Å². The Morgan fingerprint density at radius 1 is 1.00 bits per heavy atom. The topological polar surface area (TPSA) is 40.5 Å². The van der Waals surface area contributed by atoms with Gasteiger partial charge in [0.15, 0.2) is 11.6 Å². The van der Waals surface area contributed by atoms with E-state index < -0.39 is 17.7 Å². The third-order valence-electron chi connectivity index (χ3n) is 3.21. The second-order valence-electron chi connectivity index (χ2n) is 4.68. The van der Waals surface area contributed by atoms with Crippen LogP contribution in [0.5, 0.6) is 5.75 Å². The molecular formula is C16H16F2O2. The lowest BCUT2D eigenvalue weighted by Gasteiger charge is -2.13. The maximum atomic E-state index is 14.1. The highest BCUT2D eigenvalue weighted by molar-refractivity contribution is 5.65. The molecule has 106 valence electrons. The molecule has 0 aromatic heterocycles. The molecule has 2 nitrogen and oxygen atoms in total. The molecule has 2 aromatic rings. The molecule has 0 aliphatic rings. The third kappa shape index (κ3) is 2.80. The van der Waals surface area contributed by atoms with Crippen molar-refractivity contribution in [2.75, 3.05) is 0 Å². The number of hydrogen-bond donors (Lipinski definition) is 2. The molecule has 0 fully saturated rings. The summed E-state index contributed by atoms with van der Waals surface area (Å²) in [5.41, 5.74) is 0.553. The average molecular weight is 278 g/mol. The number of hydrogen-bond acceptors (Lipinski definition) is 2. The summed E-state index contributed by atoms with van der Waals surface area (Å²) in [7, 11) is 0.